The number of rotatable bonds is 16. The van der Waals surface area contributed by atoms with Gasteiger partial charge in [0.2, 0.25) is 0 Å². The van der Waals surface area contributed by atoms with Crippen LogP contribution in [-0.4, -0.2) is 106 Å². The molecule has 3 saturated carbocycles. The maximum atomic E-state index is 14.1. The van der Waals surface area contributed by atoms with Crippen molar-refractivity contribution in [2.24, 2.45) is 51.8 Å². The van der Waals surface area contributed by atoms with Gasteiger partial charge in [-0.15, -0.1) is 0 Å². The lowest BCUT2D eigenvalue weighted by molar-refractivity contribution is -0.197. The summed E-state index contributed by atoms with van der Waals surface area (Å²) in [5.41, 5.74) is -1.51. The molecule has 0 amide bonds. The van der Waals surface area contributed by atoms with Gasteiger partial charge in [0.25, 0.3) is 0 Å². The molecule has 2 saturated heterocycles. The number of nitrogens with zero attached hydrogens (tertiary/aromatic N) is 2. The van der Waals surface area contributed by atoms with E-state index in [-0.39, 0.29) is 30.0 Å². The van der Waals surface area contributed by atoms with Gasteiger partial charge in [0, 0.05) is 45.3 Å². The number of piperidine rings is 1. The van der Waals surface area contributed by atoms with Gasteiger partial charge in [-0.3, -0.25) is 9.69 Å². The van der Waals surface area contributed by atoms with E-state index in [0.717, 1.165) is 109 Å². The van der Waals surface area contributed by atoms with Gasteiger partial charge in [0.1, 0.15) is 11.7 Å². The Bertz CT molecular complexity index is 1140. The molecule has 5 fully saturated rings. The number of hydrogen-bond donors (Lipinski definition) is 1. The highest BCUT2D eigenvalue weighted by atomic mass is 16.5. The second kappa shape index (κ2) is 14.1. The molecule has 2 aliphatic heterocycles. The van der Waals surface area contributed by atoms with E-state index in [2.05, 4.69) is 43.6 Å². The summed E-state index contributed by atoms with van der Waals surface area (Å²) in [4.78, 5) is 32.8. The van der Waals surface area contributed by atoms with Crippen LogP contribution in [0.25, 0.3) is 0 Å². The number of carboxylic acid groups (broad SMARTS) is 1. The van der Waals surface area contributed by atoms with Crippen molar-refractivity contribution in [3.05, 3.63) is 11.6 Å². The molecule has 266 valence electrons. The number of ether oxygens (including phenoxy) is 3. The van der Waals surface area contributed by atoms with E-state index < -0.39 is 22.2 Å². The highest BCUT2D eigenvalue weighted by Gasteiger charge is 2.86. The molecule has 8 nitrogen and oxygen atoms in total. The highest BCUT2D eigenvalue weighted by Crippen LogP contribution is 2.84. The fraction of sp³-hybridized carbons (Fsp3) is 0.897. The Morgan fingerprint density at radius 1 is 1.13 bits per heavy atom. The number of carbonyl (C=O) groups excluding carboxylic acids is 1. The van der Waals surface area contributed by atoms with Crippen molar-refractivity contribution >= 4 is 12.3 Å². The Labute approximate surface area is 284 Å². The first-order valence-electron chi connectivity index (χ1n) is 19.2. The van der Waals surface area contributed by atoms with E-state index in [1.807, 2.05) is 0 Å². The zero-order chi connectivity index (χ0) is 33.6. The molecule has 0 aromatic rings. The first-order valence-corrected chi connectivity index (χ1v) is 19.2. The van der Waals surface area contributed by atoms with E-state index >= 15 is 0 Å². The number of aldehydes is 1. The molecular formula is C39H64N2O6. The van der Waals surface area contributed by atoms with E-state index in [1.165, 1.54) is 6.42 Å². The van der Waals surface area contributed by atoms with Crippen LogP contribution >= 0.6 is 0 Å². The van der Waals surface area contributed by atoms with Gasteiger partial charge < -0.3 is 29.0 Å². The van der Waals surface area contributed by atoms with Crippen LogP contribution in [0.4, 0.5) is 0 Å². The minimum absolute atomic E-state index is 0.0900. The largest absolute Gasteiger partial charge is 0.481 e. The summed E-state index contributed by atoms with van der Waals surface area (Å²) in [7, 11) is 3.54. The molecule has 4 bridgehead atoms. The first kappa shape index (κ1) is 35.5. The molecule has 2 heterocycles. The quantitative estimate of drug-likeness (QED) is 0.162. The van der Waals surface area contributed by atoms with Gasteiger partial charge in [-0.25, -0.2) is 0 Å². The second-order valence-corrected chi connectivity index (χ2v) is 16.7. The van der Waals surface area contributed by atoms with Gasteiger partial charge in [0.05, 0.1) is 30.8 Å². The second-order valence-electron chi connectivity index (χ2n) is 16.7. The summed E-state index contributed by atoms with van der Waals surface area (Å²) in [6.07, 6.45) is 13.8. The lowest BCUT2D eigenvalue weighted by Gasteiger charge is -2.60. The molecule has 47 heavy (non-hydrogen) atoms. The van der Waals surface area contributed by atoms with Crippen LogP contribution in [0.15, 0.2) is 11.6 Å². The van der Waals surface area contributed by atoms with Crippen LogP contribution in [0.2, 0.25) is 0 Å². The Hall–Kier alpha value is -1.32. The molecule has 6 rings (SSSR count). The number of unbranched alkanes of at least 4 members (excludes halogenated alkanes) is 1. The number of likely N-dealkylation sites (tertiary alicyclic amines) is 1. The maximum absolute atomic E-state index is 14.1. The number of carbonyl (C=O) groups is 2. The molecule has 0 aromatic carbocycles. The zero-order valence-electron chi connectivity index (χ0n) is 30.3. The number of methoxy groups -OCH3 is 2. The molecule has 4 aliphatic carbocycles. The molecule has 6 aliphatic rings. The van der Waals surface area contributed by atoms with Crippen LogP contribution < -0.4 is 0 Å². The Morgan fingerprint density at radius 3 is 2.43 bits per heavy atom. The van der Waals surface area contributed by atoms with E-state index in [4.69, 9.17) is 14.2 Å². The first-order chi connectivity index (χ1) is 22.6. The summed E-state index contributed by atoms with van der Waals surface area (Å²) >= 11 is 0. The van der Waals surface area contributed by atoms with E-state index in [1.54, 1.807) is 14.2 Å². The lowest BCUT2D eigenvalue weighted by atomic mass is 9.41. The minimum Gasteiger partial charge on any atom is -0.481 e. The minimum atomic E-state index is -1.16. The molecule has 10 atom stereocenters. The Morgan fingerprint density at radius 2 is 1.83 bits per heavy atom. The molecule has 0 aromatic heterocycles. The summed E-state index contributed by atoms with van der Waals surface area (Å²) in [6, 6.07) is 0.536. The zero-order valence-corrected chi connectivity index (χ0v) is 30.3. The number of fused-ring (bicyclic) bond motifs is 2. The fourth-order valence-electron chi connectivity index (χ4n) is 12.6. The lowest BCUT2D eigenvalue weighted by Crippen LogP contribution is -2.65. The molecule has 0 spiro atoms. The number of allylic oxidation sites excluding steroid dienone is 1. The van der Waals surface area contributed by atoms with Crippen LogP contribution in [0.1, 0.15) is 91.9 Å². The number of hydrogen-bond acceptors (Lipinski definition) is 7. The van der Waals surface area contributed by atoms with Gasteiger partial charge in [-0.2, -0.15) is 0 Å². The number of carboxylic acids is 1. The van der Waals surface area contributed by atoms with Crippen LogP contribution in [0.5, 0.6) is 0 Å². The highest BCUT2D eigenvalue weighted by molar-refractivity contribution is 5.90. The van der Waals surface area contributed by atoms with Gasteiger partial charge in [-0.1, -0.05) is 58.6 Å². The summed E-state index contributed by atoms with van der Waals surface area (Å²) in [5.74, 6) is 0.924. The predicted octanol–water partition coefficient (Wildman–Crippen LogP) is 5.93. The monoisotopic (exact) mass is 656 g/mol. The van der Waals surface area contributed by atoms with Crippen molar-refractivity contribution in [2.75, 3.05) is 60.2 Å². The third kappa shape index (κ3) is 5.41. The predicted molar refractivity (Wildman–Crippen MR) is 183 cm³/mol. The van der Waals surface area contributed by atoms with Crippen LogP contribution in [0, 0.1) is 51.8 Å². The van der Waals surface area contributed by atoms with Crippen LogP contribution in [0.3, 0.4) is 0 Å². The Balaban J connectivity index is 1.27. The molecule has 7 unspecified atom stereocenters. The van der Waals surface area contributed by atoms with Gasteiger partial charge >= 0.3 is 5.97 Å². The normalized spacial score (nSPS) is 41.6. The topological polar surface area (TPSA) is 88.5 Å². The van der Waals surface area contributed by atoms with Crippen molar-refractivity contribution in [3.63, 3.8) is 0 Å². The number of aliphatic carboxylic acids is 1. The summed E-state index contributed by atoms with van der Waals surface area (Å²) < 4.78 is 18.2. The SMILES string of the molecule is CCCCC1CC(C23C[C@@H]4[C@H](C)CC[C@H]4C4(C=O)CC2C=C(C(C)C)C34C(=O)O)OC1CN1CCC(N(CCOC)CCOC)CC1. The van der Waals surface area contributed by atoms with Crippen molar-refractivity contribution in [2.45, 2.75) is 110 Å². The van der Waals surface area contributed by atoms with Crippen molar-refractivity contribution < 1.29 is 28.9 Å². The smallest absolute Gasteiger partial charge is 0.315 e. The maximum Gasteiger partial charge on any atom is 0.315 e. The molecule has 8 heteroatoms. The molecule has 1 N–H and O–H groups in total. The average Bonchev–Trinajstić information content (AvgIpc) is 3.77. The third-order valence-corrected chi connectivity index (χ3v) is 14.6. The van der Waals surface area contributed by atoms with Crippen molar-refractivity contribution in [3.8, 4) is 0 Å². The third-order valence-electron chi connectivity index (χ3n) is 14.6. The average molecular weight is 657 g/mol. The van der Waals surface area contributed by atoms with Crippen molar-refractivity contribution in [1.82, 2.24) is 9.80 Å². The molecule has 0 radical (unpaired) electrons. The van der Waals surface area contributed by atoms with Crippen LogP contribution in [-0.2, 0) is 23.8 Å². The standard InChI is InChI=1S/C39H64N2O6/c1-7-8-9-28-20-35(47-34(28)24-40-14-12-30(13-15-40)41(16-18-45-5)17-19-46-6)38-23-31-27(4)10-11-32(31)37(25-42)22-29(38)21-33(26(2)3)39(37,38)36(43)44/h21,25-32,34-35H,7-20,22-24H2,1-6H3,(H,43,44)/t27-,28?,29?,31-,32-,34?,35?,37?,38?,39?/m1/s1. The summed E-state index contributed by atoms with van der Waals surface area (Å²) in [5, 5.41) is 11.6. The van der Waals surface area contributed by atoms with E-state index in [0.29, 0.717) is 30.2 Å². The fourth-order valence-corrected chi connectivity index (χ4v) is 12.6. The Kier molecular flexibility index (Phi) is 10.7. The van der Waals surface area contributed by atoms with Gasteiger partial charge in [-0.05, 0) is 93.5 Å². The summed E-state index contributed by atoms with van der Waals surface area (Å²) in [6.45, 7) is 15.3. The van der Waals surface area contributed by atoms with E-state index in [9.17, 15) is 14.7 Å². The molecular weight excluding hydrogens is 592 g/mol. The van der Waals surface area contributed by atoms with Gasteiger partial charge in [0.15, 0.2) is 0 Å². The van der Waals surface area contributed by atoms with Crippen molar-refractivity contribution in [1.29, 1.82) is 0 Å².